The smallest absolute Gasteiger partial charge is 0.306 e. The highest BCUT2D eigenvalue weighted by Crippen LogP contribution is 2.18. The molecule has 0 atom stereocenters. The van der Waals surface area contributed by atoms with Gasteiger partial charge in [0.2, 0.25) is 0 Å². The van der Waals surface area contributed by atoms with Crippen LogP contribution in [-0.4, -0.2) is 37.7 Å². The molecule has 0 heterocycles. The lowest BCUT2D eigenvalue weighted by molar-refractivity contribution is -0.150. The van der Waals surface area contributed by atoms with Crippen molar-refractivity contribution in [2.45, 2.75) is 260 Å². The number of carbonyl (C=O) groups is 2. The Bertz CT molecular complexity index is 663. The third-order valence-electron chi connectivity index (χ3n) is 9.54. The van der Waals surface area contributed by atoms with E-state index in [2.05, 4.69) is 46.9 Å². The summed E-state index contributed by atoms with van der Waals surface area (Å²) in [6.07, 6.45) is 39.2. The lowest BCUT2D eigenvalue weighted by atomic mass is 10.0. The van der Waals surface area contributed by atoms with Gasteiger partial charge in [-0.1, -0.05) is 183 Å². The van der Waals surface area contributed by atoms with Crippen LogP contribution in [0.15, 0.2) is 0 Å². The van der Waals surface area contributed by atoms with Gasteiger partial charge in [0.15, 0.2) is 0 Å². The molecule has 0 spiro atoms. The third kappa shape index (κ3) is 48.9. The van der Waals surface area contributed by atoms with Crippen molar-refractivity contribution in [1.29, 1.82) is 0 Å². The van der Waals surface area contributed by atoms with Crippen LogP contribution in [0.5, 0.6) is 0 Å². The summed E-state index contributed by atoms with van der Waals surface area (Å²) < 4.78 is 11.4. The molecule has 0 amide bonds. The fourth-order valence-electron chi connectivity index (χ4n) is 6.35. The zero-order valence-electron chi connectivity index (χ0n) is 35.7. The maximum absolute atomic E-state index is 12.6. The highest BCUT2D eigenvalue weighted by atomic mass is 16.5. The summed E-state index contributed by atoms with van der Waals surface area (Å²) in [4.78, 5) is 24.5. The van der Waals surface area contributed by atoms with Gasteiger partial charge < -0.3 is 14.8 Å². The Morgan fingerprint density at radius 1 is 0.431 bits per heavy atom. The lowest BCUT2D eigenvalue weighted by Crippen LogP contribution is -2.18. The Labute approximate surface area is 320 Å². The van der Waals surface area contributed by atoms with Crippen molar-refractivity contribution in [3.8, 4) is 0 Å². The third-order valence-corrected chi connectivity index (χ3v) is 9.54. The topological polar surface area (TPSA) is 64.6 Å². The maximum Gasteiger partial charge on any atom is 0.306 e. The van der Waals surface area contributed by atoms with E-state index in [9.17, 15) is 9.59 Å². The molecule has 0 aromatic rings. The predicted octanol–water partition coefficient (Wildman–Crippen LogP) is 14.6. The van der Waals surface area contributed by atoms with Crippen molar-refractivity contribution in [2.24, 2.45) is 5.92 Å². The highest BCUT2D eigenvalue weighted by molar-refractivity contribution is 5.69. The molecule has 0 aliphatic heterocycles. The minimum Gasteiger partial charge on any atom is -0.466 e. The number of hydrogen-bond acceptors (Lipinski definition) is 5. The van der Waals surface area contributed by atoms with Gasteiger partial charge in [-0.05, 0) is 76.8 Å². The molecule has 0 radical (unpaired) electrons. The summed E-state index contributed by atoms with van der Waals surface area (Å²) in [5.41, 5.74) is 0. The molecule has 0 aliphatic carbocycles. The molecule has 0 fully saturated rings. The molecule has 0 saturated carbocycles. The average Bonchev–Trinajstić information content (AvgIpc) is 3.10. The first-order valence-electron chi connectivity index (χ1n) is 22.9. The summed E-state index contributed by atoms with van der Waals surface area (Å²) in [6.45, 7) is 16.0. The normalized spacial score (nSPS) is 11.2. The van der Waals surface area contributed by atoms with Crippen molar-refractivity contribution in [1.82, 2.24) is 5.32 Å². The van der Waals surface area contributed by atoms with Crippen molar-refractivity contribution in [3.05, 3.63) is 0 Å². The molecule has 0 rings (SSSR count). The van der Waals surface area contributed by atoms with Gasteiger partial charge >= 0.3 is 11.9 Å². The van der Waals surface area contributed by atoms with E-state index in [0.717, 1.165) is 70.4 Å². The van der Waals surface area contributed by atoms with E-state index in [1.54, 1.807) is 0 Å². The zero-order chi connectivity index (χ0) is 37.9. The van der Waals surface area contributed by atoms with Crippen LogP contribution in [0.1, 0.15) is 253 Å². The number of ether oxygens (including phenoxy) is 2. The molecule has 0 aromatic heterocycles. The van der Waals surface area contributed by atoms with E-state index in [1.165, 1.54) is 148 Å². The molecule has 5 nitrogen and oxygen atoms in total. The van der Waals surface area contributed by atoms with Gasteiger partial charge in [-0.3, -0.25) is 9.59 Å². The maximum atomic E-state index is 12.6. The Kier molecular flexibility index (Phi) is 45.9. The van der Waals surface area contributed by atoms with Crippen LogP contribution in [0, 0.1) is 5.92 Å². The van der Waals surface area contributed by atoms with E-state index < -0.39 is 0 Å². The van der Waals surface area contributed by atoms with Crippen molar-refractivity contribution in [2.75, 3.05) is 19.7 Å². The van der Waals surface area contributed by atoms with E-state index in [4.69, 9.17) is 9.47 Å². The minimum atomic E-state index is -0.0214. The Morgan fingerprint density at radius 2 is 0.765 bits per heavy atom. The molecule has 0 unspecified atom stereocenters. The molecule has 0 saturated heterocycles. The summed E-state index contributed by atoms with van der Waals surface area (Å²) in [5, 5.41) is 3.55. The van der Waals surface area contributed by atoms with Gasteiger partial charge in [0.25, 0.3) is 0 Å². The number of rotatable bonds is 39. The summed E-state index contributed by atoms with van der Waals surface area (Å²) in [7, 11) is 0. The van der Waals surface area contributed by atoms with Crippen molar-refractivity contribution < 1.29 is 19.1 Å². The van der Waals surface area contributed by atoms with E-state index >= 15 is 0 Å². The first-order valence-corrected chi connectivity index (χ1v) is 22.9. The lowest BCUT2D eigenvalue weighted by Gasteiger charge is -2.18. The second-order valence-electron chi connectivity index (χ2n) is 16.1. The van der Waals surface area contributed by atoms with Crippen LogP contribution in [0.25, 0.3) is 0 Å². The highest BCUT2D eigenvalue weighted by Gasteiger charge is 2.14. The first-order chi connectivity index (χ1) is 24.9. The summed E-state index contributed by atoms with van der Waals surface area (Å²) in [5.74, 6) is 0.840. The van der Waals surface area contributed by atoms with Crippen LogP contribution >= 0.6 is 0 Å². The van der Waals surface area contributed by atoms with Crippen LogP contribution in [0.3, 0.4) is 0 Å². The average molecular weight is 724 g/mol. The van der Waals surface area contributed by atoms with Crippen LogP contribution in [-0.2, 0) is 19.1 Å². The van der Waals surface area contributed by atoms with E-state index in [-0.39, 0.29) is 18.0 Å². The van der Waals surface area contributed by atoms with Gasteiger partial charge in [-0.15, -0.1) is 0 Å². The second-order valence-corrected chi connectivity index (χ2v) is 16.1. The van der Waals surface area contributed by atoms with Crippen LogP contribution in [0.4, 0.5) is 0 Å². The quantitative estimate of drug-likeness (QED) is 0.0505. The molecule has 0 bridgehead atoms. The number of hydrogen-bond donors (Lipinski definition) is 1. The molecular weight excluding hydrogens is 631 g/mol. The zero-order valence-corrected chi connectivity index (χ0v) is 35.7. The summed E-state index contributed by atoms with van der Waals surface area (Å²) in [6, 6.07) is 0. The predicted molar refractivity (Wildman–Crippen MR) is 224 cm³/mol. The Morgan fingerprint density at radius 3 is 1.22 bits per heavy atom. The number of esters is 2. The molecule has 51 heavy (non-hydrogen) atoms. The van der Waals surface area contributed by atoms with Crippen molar-refractivity contribution >= 4 is 11.9 Å². The van der Waals surface area contributed by atoms with E-state index in [1.807, 2.05) is 0 Å². The van der Waals surface area contributed by atoms with Crippen LogP contribution in [0.2, 0.25) is 0 Å². The SMILES string of the molecule is CC(C)C.CCCCCCCCCCCOC(=O)CCCCCNCCCCCCCC(=O)OC(CCCCCCCC)CCCCCCCC. The fourth-order valence-corrected chi connectivity index (χ4v) is 6.35. The second kappa shape index (κ2) is 45.1. The van der Waals surface area contributed by atoms with Gasteiger partial charge in [0.05, 0.1) is 6.61 Å². The first kappa shape index (κ1) is 52.0. The minimum absolute atomic E-state index is 0.0214. The van der Waals surface area contributed by atoms with Gasteiger partial charge in [-0.2, -0.15) is 0 Å². The van der Waals surface area contributed by atoms with Crippen molar-refractivity contribution in [3.63, 3.8) is 0 Å². The van der Waals surface area contributed by atoms with Gasteiger partial charge in [-0.25, -0.2) is 0 Å². The van der Waals surface area contributed by atoms with Crippen LogP contribution < -0.4 is 5.32 Å². The molecule has 0 aromatic carbocycles. The number of carbonyl (C=O) groups excluding carboxylic acids is 2. The molecule has 1 N–H and O–H groups in total. The Balaban J connectivity index is 0. The Hall–Kier alpha value is -1.10. The number of unbranched alkanes of at least 4 members (excludes halogenated alkanes) is 24. The molecule has 0 aliphatic rings. The monoisotopic (exact) mass is 724 g/mol. The van der Waals surface area contributed by atoms with E-state index in [0.29, 0.717) is 19.4 Å². The van der Waals surface area contributed by atoms with Gasteiger partial charge in [0, 0.05) is 12.8 Å². The fraction of sp³-hybridized carbons (Fsp3) is 0.957. The summed E-state index contributed by atoms with van der Waals surface area (Å²) >= 11 is 0. The molecular formula is C46H93NO4. The largest absolute Gasteiger partial charge is 0.466 e. The standard InChI is InChI=1S/C42H83NO4.C4H10/c1-4-7-10-13-16-17-18-24-32-39-46-41(44)35-29-25-31-38-43-37-30-23-19-22-28-36-42(45)47-40(33-26-20-14-11-8-5-2)34-27-21-15-12-9-6-3;1-4(2)3/h40,43H,4-39H2,1-3H3;4H,1-3H3. The van der Waals surface area contributed by atoms with Gasteiger partial charge in [0.1, 0.15) is 6.10 Å². The number of nitrogens with one attached hydrogen (secondary N) is 1. The molecule has 5 heteroatoms. The molecule has 306 valence electrons.